The van der Waals surface area contributed by atoms with Crippen molar-refractivity contribution < 1.29 is 0 Å². The zero-order chi connectivity index (χ0) is 13.8. The minimum absolute atomic E-state index is 0.712. The number of piperazine rings is 1. The Bertz CT molecular complexity index is 536. The van der Waals surface area contributed by atoms with E-state index in [1.54, 1.807) is 17.5 Å². The zero-order valence-corrected chi connectivity index (χ0v) is 12.0. The van der Waals surface area contributed by atoms with Gasteiger partial charge in [0.2, 0.25) is 0 Å². The van der Waals surface area contributed by atoms with E-state index in [2.05, 4.69) is 25.2 Å². The van der Waals surface area contributed by atoms with E-state index in [1.807, 2.05) is 23.7 Å². The number of hydrazine groups is 1. The molecule has 6 nitrogen and oxygen atoms in total. The first kappa shape index (κ1) is 13.3. The summed E-state index contributed by atoms with van der Waals surface area (Å²) in [5, 5.41) is 3.16. The summed E-state index contributed by atoms with van der Waals surface area (Å²) in [7, 11) is 0. The van der Waals surface area contributed by atoms with Crippen LogP contribution < -0.4 is 16.2 Å². The Morgan fingerprint density at radius 3 is 2.75 bits per heavy atom. The van der Waals surface area contributed by atoms with Gasteiger partial charge in [-0.2, -0.15) is 0 Å². The molecule has 0 aliphatic carbocycles. The fourth-order valence-electron chi connectivity index (χ4n) is 2.38. The number of nitrogens with one attached hydrogen (secondary N) is 1. The highest BCUT2D eigenvalue weighted by Gasteiger charge is 2.18. The summed E-state index contributed by atoms with van der Waals surface area (Å²) in [4.78, 5) is 13.3. The molecule has 2 aromatic heterocycles. The van der Waals surface area contributed by atoms with Crippen molar-refractivity contribution in [2.75, 3.05) is 36.5 Å². The first-order valence-corrected chi connectivity index (χ1v) is 7.51. The summed E-state index contributed by atoms with van der Waals surface area (Å²) in [5.41, 5.74) is 3.82. The number of hydrogen-bond donors (Lipinski definition) is 2. The quantitative estimate of drug-likeness (QED) is 0.650. The Balaban J connectivity index is 1.55. The molecule has 7 heteroatoms. The van der Waals surface area contributed by atoms with E-state index in [4.69, 9.17) is 5.84 Å². The van der Waals surface area contributed by atoms with Gasteiger partial charge >= 0.3 is 0 Å². The van der Waals surface area contributed by atoms with Gasteiger partial charge in [-0.1, -0.05) is 0 Å². The Labute approximate surface area is 122 Å². The first-order chi connectivity index (χ1) is 9.85. The third kappa shape index (κ3) is 3.06. The number of nitrogens with zero attached hydrogens (tertiary/aromatic N) is 4. The van der Waals surface area contributed by atoms with Crippen LogP contribution in [0.1, 0.15) is 5.56 Å². The lowest BCUT2D eigenvalue weighted by Crippen LogP contribution is -2.45. The van der Waals surface area contributed by atoms with Crippen molar-refractivity contribution in [1.82, 2.24) is 14.9 Å². The molecule has 0 unspecified atom stereocenters. The number of nitrogen functional groups attached to an aromatic ring is 1. The lowest BCUT2D eigenvalue weighted by atomic mass is 10.2. The number of rotatable bonds is 4. The van der Waals surface area contributed by atoms with E-state index in [-0.39, 0.29) is 0 Å². The van der Waals surface area contributed by atoms with Gasteiger partial charge in [-0.3, -0.25) is 4.90 Å². The monoisotopic (exact) mass is 290 g/mol. The fourth-order valence-corrected chi connectivity index (χ4v) is 3.08. The van der Waals surface area contributed by atoms with Crippen LogP contribution in [0.5, 0.6) is 0 Å². The molecule has 3 N–H and O–H groups in total. The molecule has 0 bridgehead atoms. The molecule has 1 aliphatic rings. The topological polar surface area (TPSA) is 70.3 Å². The van der Waals surface area contributed by atoms with Crippen LogP contribution in [0, 0.1) is 0 Å². The normalized spacial score (nSPS) is 16.4. The van der Waals surface area contributed by atoms with Crippen LogP contribution in [0.3, 0.4) is 0 Å². The second-order valence-corrected chi connectivity index (χ2v) is 5.64. The highest BCUT2D eigenvalue weighted by Crippen LogP contribution is 2.19. The van der Waals surface area contributed by atoms with Crippen LogP contribution in [0.25, 0.3) is 0 Å². The number of thiazole rings is 1. The molecule has 0 atom stereocenters. The molecule has 20 heavy (non-hydrogen) atoms. The third-order valence-electron chi connectivity index (χ3n) is 3.44. The number of pyridine rings is 1. The first-order valence-electron chi connectivity index (χ1n) is 6.63. The maximum Gasteiger partial charge on any atom is 0.185 e. The molecule has 0 amide bonds. The molecular formula is C13H18N6S. The van der Waals surface area contributed by atoms with Crippen molar-refractivity contribution in [2.45, 2.75) is 6.54 Å². The van der Waals surface area contributed by atoms with Crippen molar-refractivity contribution in [3.05, 3.63) is 35.5 Å². The van der Waals surface area contributed by atoms with E-state index in [0.29, 0.717) is 5.82 Å². The lowest BCUT2D eigenvalue weighted by molar-refractivity contribution is 0.250. The summed E-state index contributed by atoms with van der Waals surface area (Å²) in [6, 6.07) is 4.03. The van der Waals surface area contributed by atoms with Crippen LogP contribution >= 0.6 is 11.3 Å². The molecule has 1 saturated heterocycles. The van der Waals surface area contributed by atoms with Crippen LogP contribution in [0.4, 0.5) is 10.9 Å². The summed E-state index contributed by atoms with van der Waals surface area (Å²) >= 11 is 1.71. The largest absolute Gasteiger partial charge is 0.346 e. The van der Waals surface area contributed by atoms with Crippen molar-refractivity contribution in [3.63, 3.8) is 0 Å². The summed E-state index contributed by atoms with van der Waals surface area (Å²) < 4.78 is 0. The van der Waals surface area contributed by atoms with Crippen molar-refractivity contribution in [2.24, 2.45) is 5.84 Å². The minimum atomic E-state index is 0.712. The van der Waals surface area contributed by atoms with E-state index in [1.165, 1.54) is 5.56 Å². The van der Waals surface area contributed by atoms with Gasteiger partial charge in [0.15, 0.2) is 5.13 Å². The zero-order valence-electron chi connectivity index (χ0n) is 11.2. The van der Waals surface area contributed by atoms with Crippen LogP contribution in [0.2, 0.25) is 0 Å². The third-order valence-corrected chi connectivity index (χ3v) is 4.27. The SMILES string of the molecule is NNc1cc(CN2CCN(c3nccs3)CC2)ccn1. The van der Waals surface area contributed by atoms with Crippen molar-refractivity contribution >= 4 is 22.3 Å². The van der Waals surface area contributed by atoms with Crippen LogP contribution in [0.15, 0.2) is 29.9 Å². The maximum absolute atomic E-state index is 5.39. The predicted octanol–water partition coefficient (Wildman–Crippen LogP) is 1.15. The Hall–Kier alpha value is -1.70. The predicted molar refractivity (Wildman–Crippen MR) is 81.7 cm³/mol. The number of anilines is 2. The highest BCUT2D eigenvalue weighted by atomic mass is 32.1. The molecule has 1 aliphatic heterocycles. The second-order valence-electron chi connectivity index (χ2n) is 4.77. The molecule has 2 aromatic rings. The van der Waals surface area contributed by atoms with Gasteiger partial charge in [-0.05, 0) is 17.7 Å². The second kappa shape index (κ2) is 6.17. The van der Waals surface area contributed by atoms with E-state index >= 15 is 0 Å². The molecule has 0 aromatic carbocycles. The number of aromatic nitrogens is 2. The van der Waals surface area contributed by atoms with Gasteiger partial charge in [0.1, 0.15) is 5.82 Å². The Morgan fingerprint density at radius 2 is 2.05 bits per heavy atom. The van der Waals surface area contributed by atoms with Crippen LogP contribution in [-0.4, -0.2) is 41.0 Å². The standard InChI is InChI=1S/C13H18N6S/c14-17-12-9-11(1-2-15-12)10-18-4-6-19(7-5-18)13-16-3-8-20-13/h1-3,8-9H,4-7,10,14H2,(H,15,17). The number of hydrogen-bond acceptors (Lipinski definition) is 7. The van der Waals surface area contributed by atoms with Gasteiger partial charge in [-0.15, -0.1) is 11.3 Å². The molecule has 3 heterocycles. The van der Waals surface area contributed by atoms with Crippen LogP contribution in [-0.2, 0) is 6.54 Å². The molecule has 1 fully saturated rings. The van der Waals surface area contributed by atoms with Gasteiger partial charge in [0.05, 0.1) is 0 Å². The van der Waals surface area contributed by atoms with Gasteiger partial charge < -0.3 is 10.3 Å². The van der Waals surface area contributed by atoms with E-state index < -0.39 is 0 Å². The smallest absolute Gasteiger partial charge is 0.185 e. The molecule has 0 radical (unpaired) electrons. The van der Waals surface area contributed by atoms with E-state index in [0.717, 1.165) is 37.9 Å². The fraction of sp³-hybridized carbons (Fsp3) is 0.385. The molecular weight excluding hydrogens is 272 g/mol. The van der Waals surface area contributed by atoms with Gasteiger partial charge in [0.25, 0.3) is 0 Å². The summed E-state index contributed by atoms with van der Waals surface area (Å²) in [5.74, 6) is 6.10. The number of nitrogens with two attached hydrogens (primary N) is 1. The highest BCUT2D eigenvalue weighted by molar-refractivity contribution is 7.13. The summed E-state index contributed by atoms with van der Waals surface area (Å²) in [6.45, 7) is 5.09. The Morgan fingerprint density at radius 1 is 1.20 bits per heavy atom. The average molecular weight is 290 g/mol. The molecule has 0 saturated carbocycles. The molecule has 0 spiro atoms. The Kier molecular flexibility index (Phi) is 4.10. The lowest BCUT2D eigenvalue weighted by Gasteiger charge is -2.34. The minimum Gasteiger partial charge on any atom is -0.346 e. The van der Waals surface area contributed by atoms with Gasteiger partial charge in [-0.25, -0.2) is 15.8 Å². The average Bonchev–Trinajstić information content (AvgIpc) is 3.02. The molecule has 106 valence electrons. The summed E-state index contributed by atoms with van der Waals surface area (Å²) in [6.07, 6.45) is 3.65. The maximum atomic E-state index is 5.39. The molecule has 3 rings (SSSR count). The van der Waals surface area contributed by atoms with Crippen molar-refractivity contribution in [3.8, 4) is 0 Å². The van der Waals surface area contributed by atoms with Gasteiger partial charge in [0, 0.05) is 50.5 Å². The van der Waals surface area contributed by atoms with Crippen molar-refractivity contribution in [1.29, 1.82) is 0 Å². The van der Waals surface area contributed by atoms with E-state index in [9.17, 15) is 0 Å².